The second-order valence-corrected chi connectivity index (χ2v) is 8.54. The van der Waals surface area contributed by atoms with Gasteiger partial charge in [0, 0.05) is 10.1 Å². The molecule has 0 aliphatic heterocycles. The van der Waals surface area contributed by atoms with Crippen molar-refractivity contribution in [1.82, 2.24) is 5.32 Å². The van der Waals surface area contributed by atoms with Crippen molar-refractivity contribution in [1.29, 1.82) is 5.26 Å². The Morgan fingerprint density at radius 3 is 2.47 bits per heavy atom. The number of amides is 1. The third kappa shape index (κ3) is 6.44. The Balaban J connectivity index is 1.64. The Morgan fingerprint density at radius 1 is 1.07 bits per heavy atom. The van der Waals surface area contributed by atoms with Crippen molar-refractivity contribution >= 4 is 50.5 Å². The first-order valence-electron chi connectivity index (χ1n) is 9.16. The molecule has 0 saturated carbocycles. The van der Waals surface area contributed by atoms with Crippen LogP contribution in [0.4, 0.5) is 0 Å². The number of ether oxygens (including phenoxy) is 1. The molecule has 0 aliphatic carbocycles. The largest absolute Gasteiger partial charge is 0.488 e. The number of carbonyl (C=O) groups is 1. The summed E-state index contributed by atoms with van der Waals surface area (Å²) in [5.41, 5.74) is 2.83. The van der Waals surface area contributed by atoms with Crippen molar-refractivity contribution in [2.75, 3.05) is 0 Å². The van der Waals surface area contributed by atoms with Crippen LogP contribution in [0.5, 0.6) is 5.75 Å². The van der Waals surface area contributed by atoms with Gasteiger partial charge in [-0.25, -0.2) is 0 Å². The van der Waals surface area contributed by atoms with Crippen molar-refractivity contribution in [2.45, 2.75) is 13.2 Å². The van der Waals surface area contributed by atoms with Crippen LogP contribution in [-0.4, -0.2) is 5.91 Å². The molecule has 0 heterocycles. The van der Waals surface area contributed by atoms with E-state index in [-0.39, 0.29) is 5.57 Å². The standard InChI is InChI=1S/C24H18BrIN2O2/c25-22-13-19(8-11-23(22)30-16-18-6-9-21(26)10-7-18)12-20(14-27)24(29)28-15-17-4-2-1-3-5-17/h1-13H,15-16H2,(H,28,29)/b20-12-. The van der Waals surface area contributed by atoms with Gasteiger partial charge < -0.3 is 10.1 Å². The predicted octanol–water partition coefficient (Wildman–Crippen LogP) is 5.86. The molecular weight excluding hydrogens is 555 g/mol. The Morgan fingerprint density at radius 2 is 1.80 bits per heavy atom. The van der Waals surface area contributed by atoms with E-state index in [0.717, 1.165) is 21.2 Å². The molecule has 0 spiro atoms. The van der Waals surface area contributed by atoms with Crippen LogP contribution in [0.1, 0.15) is 16.7 Å². The molecule has 150 valence electrons. The predicted molar refractivity (Wildman–Crippen MR) is 130 cm³/mol. The summed E-state index contributed by atoms with van der Waals surface area (Å²) in [6, 6.07) is 25.1. The lowest BCUT2D eigenvalue weighted by Gasteiger charge is -2.09. The van der Waals surface area contributed by atoms with Crippen molar-refractivity contribution < 1.29 is 9.53 Å². The van der Waals surface area contributed by atoms with Crippen molar-refractivity contribution in [2.24, 2.45) is 0 Å². The van der Waals surface area contributed by atoms with Crippen LogP contribution in [0.2, 0.25) is 0 Å². The van der Waals surface area contributed by atoms with Gasteiger partial charge in [-0.3, -0.25) is 4.79 Å². The summed E-state index contributed by atoms with van der Waals surface area (Å²) in [6.45, 7) is 0.823. The molecule has 0 aromatic heterocycles. The maximum atomic E-state index is 12.3. The van der Waals surface area contributed by atoms with Crippen LogP contribution in [0, 0.1) is 14.9 Å². The fourth-order valence-electron chi connectivity index (χ4n) is 2.65. The van der Waals surface area contributed by atoms with E-state index < -0.39 is 5.91 Å². The number of carbonyl (C=O) groups excluding carboxylic acids is 1. The molecule has 30 heavy (non-hydrogen) atoms. The SMILES string of the molecule is N#C/C(=C/c1ccc(OCc2ccc(I)cc2)c(Br)c1)C(=O)NCc1ccccc1. The highest BCUT2D eigenvalue weighted by Crippen LogP contribution is 2.28. The summed E-state index contributed by atoms with van der Waals surface area (Å²) in [5.74, 6) is 0.286. The Labute approximate surface area is 197 Å². The fourth-order valence-corrected chi connectivity index (χ4v) is 3.52. The number of rotatable bonds is 7. The number of nitrogens with zero attached hydrogens (tertiary/aromatic N) is 1. The zero-order chi connectivity index (χ0) is 21.3. The van der Waals surface area contributed by atoms with Gasteiger partial charge in [0.1, 0.15) is 24.0 Å². The van der Waals surface area contributed by atoms with Gasteiger partial charge in [0.2, 0.25) is 0 Å². The molecule has 4 nitrogen and oxygen atoms in total. The van der Waals surface area contributed by atoms with Gasteiger partial charge in [-0.05, 0) is 85.6 Å². The second-order valence-electron chi connectivity index (χ2n) is 6.44. The number of benzene rings is 3. The van der Waals surface area contributed by atoms with Crippen LogP contribution >= 0.6 is 38.5 Å². The van der Waals surface area contributed by atoms with Gasteiger partial charge in [0.25, 0.3) is 5.91 Å². The smallest absolute Gasteiger partial charge is 0.262 e. The normalized spacial score (nSPS) is 10.9. The molecule has 6 heteroatoms. The van der Waals surface area contributed by atoms with E-state index in [1.165, 1.54) is 3.57 Å². The molecule has 0 unspecified atom stereocenters. The monoisotopic (exact) mass is 572 g/mol. The Kier molecular flexibility index (Phi) is 8.05. The molecule has 0 fully saturated rings. The first kappa shape index (κ1) is 22.1. The lowest BCUT2D eigenvalue weighted by molar-refractivity contribution is -0.117. The second kappa shape index (κ2) is 11.0. The molecule has 1 N–H and O–H groups in total. The first-order chi connectivity index (χ1) is 14.5. The lowest BCUT2D eigenvalue weighted by atomic mass is 10.1. The van der Waals surface area contributed by atoms with Gasteiger partial charge in [0.15, 0.2) is 0 Å². The van der Waals surface area contributed by atoms with Crippen LogP contribution in [0.15, 0.2) is 82.8 Å². The highest BCUT2D eigenvalue weighted by molar-refractivity contribution is 14.1. The highest BCUT2D eigenvalue weighted by atomic mass is 127. The van der Waals surface area contributed by atoms with E-state index >= 15 is 0 Å². The first-order valence-corrected chi connectivity index (χ1v) is 11.0. The summed E-state index contributed by atoms with van der Waals surface area (Å²) in [5, 5.41) is 12.2. The van der Waals surface area contributed by atoms with E-state index in [1.54, 1.807) is 6.08 Å². The van der Waals surface area contributed by atoms with Crippen LogP contribution < -0.4 is 10.1 Å². The van der Waals surface area contributed by atoms with Gasteiger partial charge in [-0.1, -0.05) is 48.5 Å². The number of halogens is 2. The number of hydrogen-bond acceptors (Lipinski definition) is 3. The molecule has 3 aromatic rings. The molecule has 0 atom stereocenters. The molecule has 0 radical (unpaired) electrons. The van der Waals surface area contributed by atoms with Crippen LogP contribution in [0.25, 0.3) is 6.08 Å². The van der Waals surface area contributed by atoms with Crippen molar-refractivity contribution in [3.05, 3.63) is 103 Å². The topological polar surface area (TPSA) is 62.1 Å². The summed E-state index contributed by atoms with van der Waals surface area (Å²) < 4.78 is 7.80. The van der Waals surface area contributed by atoms with Gasteiger partial charge in [-0.15, -0.1) is 0 Å². The summed E-state index contributed by atoms with van der Waals surface area (Å²) in [4.78, 5) is 12.3. The molecule has 1 amide bonds. The third-order valence-corrected chi connectivity index (χ3v) is 5.57. The highest BCUT2D eigenvalue weighted by Gasteiger charge is 2.10. The van der Waals surface area contributed by atoms with E-state index in [0.29, 0.717) is 18.9 Å². The van der Waals surface area contributed by atoms with E-state index in [9.17, 15) is 10.1 Å². The van der Waals surface area contributed by atoms with Crippen molar-refractivity contribution in [3.8, 4) is 11.8 Å². The molecular formula is C24H18BrIN2O2. The molecule has 0 saturated heterocycles. The minimum Gasteiger partial charge on any atom is -0.488 e. The number of nitrogens with one attached hydrogen (secondary N) is 1. The minimum absolute atomic E-state index is 0.0467. The number of hydrogen-bond donors (Lipinski definition) is 1. The van der Waals surface area contributed by atoms with Gasteiger partial charge in [0.05, 0.1) is 4.47 Å². The molecule has 0 bridgehead atoms. The maximum absolute atomic E-state index is 12.3. The average molecular weight is 573 g/mol. The molecule has 3 rings (SSSR count). The zero-order valence-corrected chi connectivity index (χ0v) is 19.7. The number of nitriles is 1. The van der Waals surface area contributed by atoms with Crippen LogP contribution in [-0.2, 0) is 17.9 Å². The molecule has 3 aromatic carbocycles. The summed E-state index contributed by atoms with van der Waals surface area (Å²) >= 11 is 5.77. The lowest BCUT2D eigenvalue weighted by Crippen LogP contribution is -2.23. The quantitative estimate of drug-likeness (QED) is 0.219. The van der Waals surface area contributed by atoms with Gasteiger partial charge in [-0.2, -0.15) is 5.26 Å². The van der Waals surface area contributed by atoms with Gasteiger partial charge >= 0.3 is 0 Å². The van der Waals surface area contributed by atoms with Crippen LogP contribution in [0.3, 0.4) is 0 Å². The van der Waals surface area contributed by atoms with E-state index in [4.69, 9.17) is 4.74 Å². The summed E-state index contributed by atoms with van der Waals surface area (Å²) in [7, 11) is 0. The Hall–Kier alpha value is -2.63. The third-order valence-electron chi connectivity index (χ3n) is 4.24. The Bertz CT molecular complexity index is 1090. The summed E-state index contributed by atoms with van der Waals surface area (Å²) in [6.07, 6.45) is 1.56. The zero-order valence-electron chi connectivity index (χ0n) is 15.9. The fraction of sp³-hybridized carbons (Fsp3) is 0.0833. The van der Waals surface area contributed by atoms with E-state index in [2.05, 4.69) is 43.8 Å². The minimum atomic E-state index is -0.406. The van der Waals surface area contributed by atoms with Crippen molar-refractivity contribution in [3.63, 3.8) is 0 Å². The molecule has 0 aliphatic rings. The van der Waals surface area contributed by atoms with E-state index in [1.807, 2.05) is 78.9 Å². The maximum Gasteiger partial charge on any atom is 0.262 e. The average Bonchev–Trinajstić information content (AvgIpc) is 2.77.